The highest BCUT2D eigenvalue weighted by atomic mass is 16.5. The van der Waals surface area contributed by atoms with Gasteiger partial charge in [-0.15, -0.1) is 0 Å². The minimum atomic E-state index is -0.485. The maximum absolute atomic E-state index is 11.8. The Hall–Kier alpha value is -1.95. The minimum absolute atomic E-state index is 0.00127. The van der Waals surface area contributed by atoms with E-state index in [9.17, 15) is 9.59 Å². The third-order valence-electron chi connectivity index (χ3n) is 2.85. The maximum Gasteiger partial charge on any atom is 0.356 e. The van der Waals surface area contributed by atoms with Gasteiger partial charge in [-0.2, -0.15) is 0 Å². The van der Waals surface area contributed by atoms with E-state index in [1.54, 1.807) is 17.0 Å². The predicted molar refractivity (Wildman–Crippen MR) is 65.4 cm³/mol. The largest absolute Gasteiger partial charge is 0.464 e. The van der Waals surface area contributed by atoms with E-state index in [0.717, 1.165) is 6.54 Å². The van der Waals surface area contributed by atoms with E-state index in [0.29, 0.717) is 12.2 Å². The first kappa shape index (κ1) is 12.5. The van der Waals surface area contributed by atoms with Crippen molar-refractivity contribution in [3.8, 4) is 0 Å². The Balaban J connectivity index is 2.23. The summed E-state index contributed by atoms with van der Waals surface area (Å²) in [6.45, 7) is 3.02. The molecule has 1 amide bonds. The Bertz CT molecular complexity index is 458. The van der Waals surface area contributed by atoms with E-state index in [1.807, 2.05) is 6.92 Å². The van der Waals surface area contributed by atoms with Crippen molar-refractivity contribution in [2.24, 2.45) is 0 Å². The van der Waals surface area contributed by atoms with E-state index >= 15 is 0 Å². The monoisotopic (exact) mass is 249 g/mol. The number of nitrogens with zero attached hydrogens (tertiary/aromatic N) is 2. The Kier molecular flexibility index (Phi) is 3.57. The lowest BCUT2D eigenvalue weighted by atomic mass is 10.2. The molecule has 6 nitrogen and oxygen atoms in total. The lowest BCUT2D eigenvalue weighted by molar-refractivity contribution is -0.119. The summed E-state index contributed by atoms with van der Waals surface area (Å²) >= 11 is 0. The standard InChI is InChI=1S/C12H15N3O3/c1-8-5-13-7-11(16)15(8)9-3-4-10(14-6-9)12(17)18-2/h3-4,6,8,13H,5,7H2,1-2H3. The second-order valence-corrected chi connectivity index (χ2v) is 4.14. The minimum Gasteiger partial charge on any atom is -0.464 e. The summed E-state index contributed by atoms with van der Waals surface area (Å²) in [6.07, 6.45) is 1.52. The Morgan fingerprint density at radius 2 is 2.33 bits per heavy atom. The number of anilines is 1. The van der Waals surface area contributed by atoms with Gasteiger partial charge in [0.2, 0.25) is 5.91 Å². The fourth-order valence-corrected chi connectivity index (χ4v) is 1.96. The number of carbonyl (C=O) groups is 2. The maximum atomic E-state index is 11.8. The molecule has 1 aliphatic heterocycles. The first-order chi connectivity index (χ1) is 8.63. The third-order valence-corrected chi connectivity index (χ3v) is 2.85. The van der Waals surface area contributed by atoms with E-state index in [4.69, 9.17) is 0 Å². The van der Waals surface area contributed by atoms with Gasteiger partial charge in [-0.05, 0) is 19.1 Å². The van der Waals surface area contributed by atoms with E-state index < -0.39 is 5.97 Å². The van der Waals surface area contributed by atoms with Crippen LogP contribution in [0.2, 0.25) is 0 Å². The second-order valence-electron chi connectivity index (χ2n) is 4.14. The first-order valence-electron chi connectivity index (χ1n) is 5.70. The summed E-state index contributed by atoms with van der Waals surface area (Å²) in [4.78, 5) is 28.8. The zero-order valence-electron chi connectivity index (χ0n) is 10.3. The molecule has 1 aromatic heterocycles. The van der Waals surface area contributed by atoms with Gasteiger partial charge in [0.1, 0.15) is 5.69 Å². The number of amides is 1. The molecule has 18 heavy (non-hydrogen) atoms. The van der Waals surface area contributed by atoms with Gasteiger partial charge in [0.05, 0.1) is 25.5 Å². The van der Waals surface area contributed by atoms with Gasteiger partial charge in [-0.1, -0.05) is 0 Å². The molecule has 0 radical (unpaired) electrons. The molecular weight excluding hydrogens is 234 g/mol. The molecule has 1 unspecified atom stereocenters. The Labute approximate surface area is 105 Å². The van der Waals surface area contributed by atoms with Crippen LogP contribution in [0, 0.1) is 0 Å². The van der Waals surface area contributed by atoms with Crippen LogP contribution in [0.4, 0.5) is 5.69 Å². The summed E-state index contributed by atoms with van der Waals surface area (Å²) in [7, 11) is 1.31. The van der Waals surface area contributed by atoms with E-state index in [-0.39, 0.29) is 17.6 Å². The summed E-state index contributed by atoms with van der Waals surface area (Å²) in [5, 5.41) is 3.04. The normalized spacial score (nSPS) is 19.8. The fourth-order valence-electron chi connectivity index (χ4n) is 1.96. The highest BCUT2D eigenvalue weighted by Gasteiger charge is 2.26. The number of rotatable bonds is 2. The lowest BCUT2D eigenvalue weighted by Crippen LogP contribution is -2.53. The molecule has 0 aliphatic carbocycles. The molecule has 1 saturated heterocycles. The van der Waals surface area contributed by atoms with Crippen LogP contribution >= 0.6 is 0 Å². The van der Waals surface area contributed by atoms with Crippen LogP contribution in [0.25, 0.3) is 0 Å². The number of pyridine rings is 1. The lowest BCUT2D eigenvalue weighted by Gasteiger charge is -2.33. The van der Waals surface area contributed by atoms with Crippen molar-refractivity contribution in [3.05, 3.63) is 24.0 Å². The molecule has 1 fully saturated rings. The zero-order chi connectivity index (χ0) is 13.1. The number of nitrogens with one attached hydrogen (secondary N) is 1. The quantitative estimate of drug-likeness (QED) is 0.758. The molecular formula is C12H15N3O3. The Morgan fingerprint density at radius 3 is 2.89 bits per heavy atom. The van der Waals surface area contributed by atoms with Crippen molar-refractivity contribution in [1.82, 2.24) is 10.3 Å². The smallest absolute Gasteiger partial charge is 0.356 e. The summed E-state index contributed by atoms with van der Waals surface area (Å²) in [6, 6.07) is 3.33. The van der Waals surface area contributed by atoms with Gasteiger partial charge in [-0.3, -0.25) is 4.79 Å². The molecule has 0 aromatic carbocycles. The highest BCUT2D eigenvalue weighted by molar-refractivity contribution is 5.96. The van der Waals surface area contributed by atoms with Crippen LogP contribution in [0.3, 0.4) is 0 Å². The number of piperazine rings is 1. The molecule has 2 heterocycles. The SMILES string of the molecule is COC(=O)c1ccc(N2C(=O)CNCC2C)cn1. The van der Waals surface area contributed by atoms with Crippen molar-refractivity contribution in [2.75, 3.05) is 25.1 Å². The average molecular weight is 249 g/mol. The molecule has 1 N–H and O–H groups in total. The van der Waals surface area contributed by atoms with Gasteiger partial charge in [0.25, 0.3) is 0 Å². The zero-order valence-corrected chi connectivity index (χ0v) is 10.3. The highest BCUT2D eigenvalue weighted by Crippen LogP contribution is 2.18. The molecule has 1 aromatic rings. The van der Waals surface area contributed by atoms with Crippen LogP contribution in [0.15, 0.2) is 18.3 Å². The Morgan fingerprint density at radius 1 is 1.56 bits per heavy atom. The third kappa shape index (κ3) is 2.33. The molecule has 0 spiro atoms. The number of methoxy groups -OCH3 is 1. The van der Waals surface area contributed by atoms with Crippen molar-refractivity contribution in [1.29, 1.82) is 0 Å². The first-order valence-corrected chi connectivity index (χ1v) is 5.70. The van der Waals surface area contributed by atoms with E-state index in [2.05, 4.69) is 15.0 Å². The number of hydrogen-bond acceptors (Lipinski definition) is 5. The van der Waals surface area contributed by atoms with Crippen molar-refractivity contribution >= 4 is 17.6 Å². The van der Waals surface area contributed by atoms with Crippen LogP contribution in [-0.4, -0.2) is 43.1 Å². The topological polar surface area (TPSA) is 71.5 Å². The van der Waals surface area contributed by atoms with Gasteiger partial charge < -0.3 is 15.0 Å². The number of carbonyl (C=O) groups excluding carboxylic acids is 2. The molecule has 2 rings (SSSR count). The van der Waals surface area contributed by atoms with Gasteiger partial charge in [0.15, 0.2) is 0 Å². The van der Waals surface area contributed by atoms with Crippen molar-refractivity contribution in [2.45, 2.75) is 13.0 Å². The van der Waals surface area contributed by atoms with Crippen LogP contribution < -0.4 is 10.2 Å². The number of esters is 1. The molecule has 0 saturated carbocycles. The molecule has 0 bridgehead atoms. The van der Waals surface area contributed by atoms with Crippen LogP contribution in [0.1, 0.15) is 17.4 Å². The fraction of sp³-hybridized carbons (Fsp3) is 0.417. The predicted octanol–water partition coefficient (Wildman–Crippen LogP) is 0.193. The van der Waals surface area contributed by atoms with Crippen LogP contribution in [0.5, 0.6) is 0 Å². The number of hydrogen-bond donors (Lipinski definition) is 1. The number of ether oxygens (including phenoxy) is 1. The molecule has 96 valence electrons. The van der Waals surface area contributed by atoms with Gasteiger partial charge in [0, 0.05) is 12.6 Å². The molecule has 6 heteroatoms. The summed E-state index contributed by atoms with van der Waals surface area (Å²) in [5.74, 6) is -0.484. The second kappa shape index (κ2) is 5.14. The molecule has 1 aliphatic rings. The summed E-state index contributed by atoms with van der Waals surface area (Å²) < 4.78 is 4.57. The van der Waals surface area contributed by atoms with Gasteiger partial charge >= 0.3 is 5.97 Å². The molecule has 1 atom stereocenters. The van der Waals surface area contributed by atoms with Crippen LogP contribution in [-0.2, 0) is 9.53 Å². The van der Waals surface area contributed by atoms with Crippen molar-refractivity contribution in [3.63, 3.8) is 0 Å². The number of aromatic nitrogens is 1. The van der Waals surface area contributed by atoms with E-state index in [1.165, 1.54) is 13.3 Å². The summed E-state index contributed by atoms with van der Waals surface area (Å²) in [5.41, 5.74) is 0.929. The van der Waals surface area contributed by atoms with Crippen molar-refractivity contribution < 1.29 is 14.3 Å². The average Bonchev–Trinajstić information content (AvgIpc) is 2.38. The van der Waals surface area contributed by atoms with Gasteiger partial charge in [-0.25, -0.2) is 9.78 Å².